The number of nitrogens with two attached hydrogens (primary N) is 1. The molecule has 0 aromatic heterocycles. The third kappa shape index (κ3) is 4.54. The van der Waals surface area contributed by atoms with Crippen LogP contribution in [0.15, 0.2) is 0 Å². The van der Waals surface area contributed by atoms with Crippen LogP contribution in [0.3, 0.4) is 0 Å². The lowest BCUT2D eigenvalue weighted by atomic mass is 10.1. The molecular formula is C13H29N3O. The van der Waals surface area contributed by atoms with Gasteiger partial charge in [-0.25, -0.2) is 0 Å². The molecular weight excluding hydrogens is 214 g/mol. The van der Waals surface area contributed by atoms with Crippen molar-refractivity contribution < 1.29 is 4.74 Å². The van der Waals surface area contributed by atoms with Crippen LogP contribution in [0.4, 0.5) is 0 Å². The monoisotopic (exact) mass is 243 g/mol. The van der Waals surface area contributed by atoms with Gasteiger partial charge >= 0.3 is 0 Å². The van der Waals surface area contributed by atoms with Crippen LogP contribution in [0.5, 0.6) is 0 Å². The fourth-order valence-electron chi connectivity index (χ4n) is 2.73. The second kappa shape index (κ2) is 8.03. The summed E-state index contributed by atoms with van der Waals surface area (Å²) in [5.41, 5.74) is 5.67. The minimum atomic E-state index is 0.539. The van der Waals surface area contributed by atoms with Crippen molar-refractivity contribution in [1.29, 1.82) is 0 Å². The number of methoxy groups -OCH3 is 1. The Morgan fingerprint density at radius 2 is 1.76 bits per heavy atom. The summed E-state index contributed by atoms with van der Waals surface area (Å²) in [5, 5.41) is 0. The van der Waals surface area contributed by atoms with Gasteiger partial charge in [0, 0.05) is 45.4 Å². The van der Waals surface area contributed by atoms with E-state index in [1.807, 2.05) is 0 Å². The largest absolute Gasteiger partial charge is 0.383 e. The normalized spacial score (nSPS) is 22.6. The highest BCUT2D eigenvalue weighted by Gasteiger charge is 2.24. The molecule has 102 valence electrons. The van der Waals surface area contributed by atoms with Crippen molar-refractivity contribution in [2.24, 2.45) is 5.73 Å². The smallest absolute Gasteiger partial charge is 0.0615 e. The predicted octanol–water partition coefficient (Wildman–Crippen LogP) is 0.766. The van der Waals surface area contributed by atoms with E-state index in [1.165, 1.54) is 19.5 Å². The SMILES string of the molecule is CCC(CCN)N1CCN(C(C)COC)CC1. The van der Waals surface area contributed by atoms with Gasteiger partial charge in [-0.2, -0.15) is 0 Å². The highest BCUT2D eigenvalue weighted by Crippen LogP contribution is 2.13. The number of hydrogen-bond donors (Lipinski definition) is 1. The maximum absolute atomic E-state index is 5.67. The van der Waals surface area contributed by atoms with E-state index in [4.69, 9.17) is 10.5 Å². The molecule has 0 saturated carbocycles. The summed E-state index contributed by atoms with van der Waals surface area (Å²) in [7, 11) is 1.78. The summed E-state index contributed by atoms with van der Waals surface area (Å²) >= 11 is 0. The van der Waals surface area contributed by atoms with Gasteiger partial charge in [0.2, 0.25) is 0 Å². The van der Waals surface area contributed by atoms with Crippen molar-refractivity contribution >= 4 is 0 Å². The lowest BCUT2D eigenvalue weighted by Crippen LogP contribution is -2.53. The lowest BCUT2D eigenvalue weighted by molar-refractivity contribution is 0.0400. The van der Waals surface area contributed by atoms with Crippen molar-refractivity contribution in [3.63, 3.8) is 0 Å². The summed E-state index contributed by atoms with van der Waals surface area (Å²) in [4.78, 5) is 5.12. The fraction of sp³-hybridized carbons (Fsp3) is 1.00. The second-order valence-electron chi connectivity index (χ2n) is 5.02. The molecule has 2 atom stereocenters. The first-order valence-corrected chi connectivity index (χ1v) is 6.90. The number of piperazine rings is 1. The molecule has 17 heavy (non-hydrogen) atoms. The molecule has 1 saturated heterocycles. The Labute approximate surface area is 106 Å². The van der Waals surface area contributed by atoms with Gasteiger partial charge in [-0.1, -0.05) is 6.92 Å². The third-order valence-electron chi connectivity index (χ3n) is 3.87. The average Bonchev–Trinajstić information content (AvgIpc) is 2.36. The van der Waals surface area contributed by atoms with Gasteiger partial charge in [-0.05, 0) is 26.3 Å². The van der Waals surface area contributed by atoms with Crippen LogP contribution >= 0.6 is 0 Å². The van der Waals surface area contributed by atoms with Crippen LogP contribution in [0.2, 0.25) is 0 Å². The molecule has 4 nitrogen and oxygen atoms in total. The van der Waals surface area contributed by atoms with Crippen LogP contribution in [0.1, 0.15) is 26.7 Å². The number of rotatable bonds is 7. The van der Waals surface area contributed by atoms with Crippen molar-refractivity contribution in [2.45, 2.75) is 38.8 Å². The van der Waals surface area contributed by atoms with Gasteiger partial charge in [0.15, 0.2) is 0 Å². The molecule has 0 radical (unpaired) electrons. The van der Waals surface area contributed by atoms with Crippen molar-refractivity contribution in [2.75, 3.05) is 46.4 Å². The second-order valence-corrected chi connectivity index (χ2v) is 5.02. The summed E-state index contributed by atoms with van der Waals surface area (Å²) in [6.07, 6.45) is 2.34. The van der Waals surface area contributed by atoms with Crippen molar-refractivity contribution in [3.8, 4) is 0 Å². The van der Waals surface area contributed by atoms with Gasteiger partial charge in [-0.3, -0.25) is 9.80 Å². The van der Waals surface area contributed by atoms with E-state index in [-0.39, 0.29) is 0 Å². The van der Waals surface area contributed by atoms with Crippen LogP contribution in [0, 0.1) is 0 Å². The van der Waals surface area contributed by atoms with E-state index in [2.05, 4.69) is 23.6 Å². The number of hydrogen-bond acceptors (Lipinski definition) is 4. The Hall–Kier alpha value is -0.160. The zero-order valence-corrected chi connectivity index (χ0v) is 11.7. The van der Waals surface area contributed by atoms with Gasteiger partial charge in [0.1, 0.15) is 0 Å². The van der Waals surface area contributed by atoms with Crippen LogP contribution in [-0.4, -0.2) is 68.3 Å². The Morgan fingerprint density at radius 3 is 2.24 bits per heavy atom. The maximum atomic E-state index is 5.67. The van der Waals surface area contributed by atoms with Crippen LogP contribution in [-0.2, 0) is 4.74 Å². The molecule has 0 aliphatic carbocycles. The van der Waals surface area contributed by atoms with E-state index in [9.17, 15) is 0 Å². The summed E-state index contributed by atoms with van der Waals surface area (Å²) in [6.45, 7) is 10.8. The molecule has 1 heterocycles. The van der Waals surface area contributed by atoms with Gasteiger partial charge in [0.05, 0.1) is 6.61 Å². The number of ether oxygens (including phenoxy) is 1. The first-order chi connectivity index (χ1) is 8.22. The molecule has 2 N–H and O–H groups in total. The van der Waals surface area contributed by atoms with Crippen molar-refractivity contribution in [1.82, 2.24) is 9.80 Å². The van der Waals surface area contributed by atoms with Gasteiger partial charge in [-0.15, -0.1) is 0 Å². The summed E-state index contributed by atoms with van der Waals surface area (Å²) in [6, 6.07) is 1.22. The first-order valence-electron chi connectivity index (χ1n) is 6.90. The van der Waals surface area contributed by atoms with E-state index >= 15 is 0 Å². The van der Waals surface area contributed by atoms with Crippen molar-refractivity contribution in [3.05, 3.63) is 0 Å². The lowest BCUT2D eigenvalue weighted by Gasteiger charge is -2.41. The predicted molar refractivity (Wildman–Crippen MR) is 72.2 cm³/mol. The molecule has 1 aliphatic rings. The highest BCUT2D eigenvalue weighted by atomic mass is 16.5. The number of nitrogens with zero attached hydrogens (tertiary/aromatic N) is 2. The average molecular weight is 243 g/mol. The summed E-state index contributed by atoms with van der Waals surface area (Å²) in [5.74, 6) is 0. The standard InChI is InChI=1S/C13H29N3O/c1-4-13(5-6-14)16-9-7-15(8-10-16)12(2)11-17-3/h12-13H,4-11,14H2,1-3H3. The van der Waals surface area contributed by atoms with Gasteiger partial charge in [0.25, 0.3) is 0 Å². The topological polar surface area (TPSA) is 41.7 Å². The molecule has 0 spiro atoms. The first kappa shape index (κ1) is 14.9. The van der Waals surface area contributed by atoms with Crippen LogP contribution in [0.25, 0.3) is 0 Å². The van der Waals surface area contributed by atoms with E-state index < -0.39 is 0 Å². The fourth-order valence-corrected chi connectivity index (χ4v) is 2.73. The summed E-state index contributed by atoms with van der Waals surface area (Å²) < 4.78 is 5.22. The Balaban J connectivity index is 2.33. The maximum Gasteiger partial charge on any atom is 0.0615 e. The molecule has 1 rings (SSSR count). The Kier molecular flexibility index (Phi) is 7.04. The third-order valence-corrected chi connectivity index (χ3v) is 3.87. The minimum absolute atomic E-state index is 0.539. The minimum Gasteiger partial charge on any atom is -0.383 e. The molecule has 0 aromatic carbocycles. The quantitative estimate of drug-likeness (QED) is 0.717. The molecule has 0 aromatic rings. The Bertz CT molecular complexity index is 193. The van der Waals surface area contributed by atoms with E-state index in [0.29, 0.717) is 12.1 Å². The molecule has 1 fully saturated rings. The zero-order valence-electron chi connectivity index (χ0n) is 11.7. The molecule has 2 unspecified atom stereocenters. The molecule has 4 heteroatoms. The Morgan fingerprint density at radius 1 is 1.18 bits per heavy atom. The zero-order chi connectivity index (χ0) is 12.7. The molecule has 0 bridgehead atoms. The van der Waals surface area contributed by atoms with Gasteiger partial charge < -0.3 is 10.5 Å². The van der Waals surface area contributed by atoms with E-state index in [1.54, 1.807) is 7.11 Å². The van der Waals surface area contributed by atoms with E-state index in [0.717, 1.165) is 32.7 Å². The van der Waals surface area contributed by atoms with Crippen LogP contribution < -0.4 is 5.73 Å². The molecule has 0 amide bonds. The molecule has 1 aliphatic heterocycles. The highest BCUT2D eigenvalue weighted by molar-refractivity contribution is 4.80.